The molecule has 3 rings (SSSR count). The number of nitrogens with one attached hydrogen (secondary N) is 1. The lowest BCUT2D eigenvalue weighted by Crippen LogP contribution is -2.03. The number of fused-ring (bicyclic) bond motifs is 1. The standard InChI is InChI=1S/C15H15N5O/c1-10(2)20-15-11(7-19-20)5-12(8-18-15)17-9-14-4-3-13(6-16)21-14/h3-5,7-8,10,17H,9H2,1-2H3. The second-order valence-electron chi connectivity index (χ2n) is 5.05. The van der Waals surface area contributed by atoms with Crippen molar-refractivity contribution in [1.82, 2.24) is 14.8 Å². The highest BCUT2D eigenvalue weighted by Gasteiger charge is 2.08. The summed E-state index contributed by atoms with van der Waals surface area (Å²) >= 11 is 0. The highest BCUT2D eigenvalue weighted by Crippen LogP contribution is 2.19. The van der Waals surface area contributed by atoms with E-state index >= 15 is 0 Å². The van der Waals surface area contributed by atoms with Crippen LogP contribution < -0.4 is 5.32 Å². The zero-order valence-corrected chi connectivity index (χ0v) is 11.9. The van der Waals surface area contributed by atoms with Crippen LogP contribution in [0.1, 0.15) is 31.4 Å². The fourth-order valence-corrected chi connectivity index (χ4v) is 2.14. The largest absolute Gasteiger partial charge is 0.449 e. The molecule has 0 saturated carbocycles. The Labute approximate surface area is 122 Å². The van der Waals surface area contributed by atoms with Crippen LogP contribution in [0.3, 0.4) is 0 Å². The van der Waals surface area contributed by atoms with Gasteiger partial charge in [0.05, 0.1) is 24.6 Å². The summed E-state index contributed by atoms with van der Waals surface area (Å²) in [7, 11) is 0. The molecule has 6 nitrogen and oxygen atoms in total. The van der Waals surface area contributed by atoms with E-state index in [0.717, 1.165) is 16.7 Å². The molecule has 3 aromatic heterocycles. The predicted octanol–water partition coefficient (Wildman–Crippen LogP) is 3.09. The molecule has 0 aromatic carbocycles. The Morgan fingerprint density at radius 3 is 2.95 bits per heavy atom. The third-order valence-corrected chi connectivity index (χ3v) is 3.16. The number of pyridine rings is 1. The molecule has 0 unspecified atom stereocenters. The Balaban J connectivity index is 1.77. The van der Waals surface area contributed by atoms with Crippen molar-refractivity contribution in [2.75, 3.05) is 5.32 Å². The molecular weight excluding hydrogens is 266 g/mol. The van der Waals surface area contributed by atoms with E-state index in [2.05, 4.69) is 29.2 Å². The minimum Gasteiger partial charge on any atom is -0.449 e. The van der Waals surface area contributed by atoms with E-state index in [1.54, 1.807) is 18.3 Å². The number of furan rings is 1. The SMILES string of the molecule is CC(C)n1ncc2cc(NCc3ccc(C#N)o3)cnc21. The van der Waals surface area contributed by atoms with Crippen molar-refractivity contribution in [3.8, 4) is 6.07 Å². The number of nitrogens with zero attached hydrogens (tertiary/aromatic N) is 4. The van der Waals surface area contributed by atoms with Crippen LogP contribution in [0.5, 0.6) is 0 Å². The van der Waals surface area contributed by atoms with Crippen LogP contribution in [-0.4, -0.2) is 14.8 Å². The molecule has 0 atom stereocenters. The molecule has 3 heterocycles. The summed E-state index contributed by atoms with van der Waals surface area (Å²) in [6.45, 7) is 4.65. The van der Waals surface area contributed by atoms with Crippen LogP contribution >= 0.6 is 0 Å². The fourth-order valence-electron chi connectivity index (χ4n) is 2.14. The van der Waals surface area contributed by atoms with Gasteiger partial charge in [-0.2, -0.15) is 10.4 Å². The first-order valence-corrected chi connectivity index (χ1v) is 6.73. The molecule has 21 heavy (non-hydrogen) atoms. The highest BCUT2D eigenvalue weighted by atomic mass is 16.3. The second kappa shape index (κ2) is 5.29. The number of hydrogen-bond acceptors (Lipinski definition) is 5. The summed E-state index contributed by atoms with van der Waals surface area (Å²) in [6, 6.07) is 7.69. The lowest BCUT2D eigenvalue weighted by molar-refractivity contribution is 0.506. The number of hydrogen-bond donors (Lipinski definition) is 1. The molecule has 0 radical (unpaired) electrons. The smallest absolute Gasteiger partial charge is 0.203 e. The van der Waals surface area contributed by atoms with Gasteiger partial charge in [0.2, 0.25) is 5.76 Å². The van der Waals surface area contributed by atoms with Crippen molar-refractivity contribution in [1.29, 1.82) is 5.26 Å². The average Bonchev–Trinajstić information content (AvgIpc) is 3.11. The maximum Gasteiger partial charge on any atom is 0.203 e. The summed E-state index contributed by atoms with van der Waals surface area (Å²) < 4.78 is 7.21. The lowest BCUT2D eigenvalue weighted by Gasteiger charge is -2.07. The number of nitriles is 1. The molecule has 106 valence electrons. The predicted molar refractivity (Wildman–Crippen MR) is 78.7 cm³/mol. The maximum atomic E-state index is 8.72. The minimum atomic E-state index is 0.279. The Bertz CT molecular complexity index is 809. The minimum absolute atomic E-state index is 0.279. The van der Waals surface area contributed by atoms with E-state index in [1.807, 2.05) is 23.0 Å². The van der Waals surface area contributed by atoms with Gasteiger partial charge in [0.1, 0.15) is 11.8 Å². The molecule has 0 spiro atoms. The van der Waals surface area contributed by atoms with Gasteiger partial charge in [-0.15, -0.1) is 0 Å². The van der Waals surface area contributed by atoms with Crippen molar-refractivity contribution in [2.45, 2.75) is 26.4 Å². The van der Waals surface area contributed by atoms with Crippen molar-refractivity contribution in [3.05, 3.63) is 42.1 Å². The van der Waals surface area contributed by atoms with Crippen molar-refractivity contribution < 1.29 is 4.42 Å². The van der Waals surface area contributed by atoms with Crippen LogP contribution in [0.2, 0.25) is 0 Å². The van der Waals surface area contributed by atoms with Crippen LogP contribution in [0.25, 0.3) is 11.0 Å². The first-order valence-electron chi connectivity index (χ1n) is 6.73. The van der Waals surface area contributed by atoms with E-state index < -0.39 is 0 Å². The highest BCUT2D eigenvalue weighted by molar-refractivity contribution is 5.78. The molecule has 0 fully saturated rings. The van der Waals surface area contributed by atoms with Gasteiger partial charge in [-0.1, -0.05) is 0 Å². The Kier molecular flexibility index (Phi) is 3.32. The van der Waals surface area contributed by atoms with Gasteiger partial charge >= 0.3 is 0 Å². The summed E-state index contributed by atoms with van der Waals surface area (Å²) in [4.78, 5) is 4.45. The van der Waals surface area contributed by atoms with Gasteiger partial charge < -0.3 is 9.73 Å². The van der Waals surface area contributed by atoms with Crippen LogP contribution in [0.15, 0.2) is 35.0 Å². The molecule has 6 heteroatoms. The number of anilines is 1. The molecule has 0 aliphatic rings. The molecule has 3 aromatic rings. The molecule has 1 N–H and O–H groups in total. The molecule has 0 saturated heterocycles. The van der Waals surface area contributed by atoms with Gasteiger partial charge in [-0.05, 0) is 32.0 Å². The van der Waals surface area contributed by atoms with E-state index in [0.29, 0.717) is 18.1 Å². The molecule has 0 amide bonds. The monoisotopic (exact) mass is 281 g/mol. The normalized spacial score (nSPS) is 11.0. The Morgan fingerprint density at radius 1 is 1.38 bits per heavy atom. The first-order chi connectivity index (χ1) is 10.2. The number of aromatic nitrogens is 3. The average molecular weight is 281 g/mol. The van der Waals surface area contributed by atoms with Gasteiger partial charge in [-0.3, -0.25) is 0 Å². The summed E-state index contributed by atoms with van der Waals surface area (Å²) in [5, 5.41) is 17.3. The van der Waals surface area contributed by atoms with E-state index in [9.17, 15) is 0 Å². The van der Waals surface area contributed by atoms with Crippen LogP contribution in [0.4, 0.5) is 5.69 Å². The molecule has 0 aliphatic heterocycles. The molecule has 0 bridgehead atoms. The Hall–Kier alpha value is -2.81. The zero-order chi connectivity index (χ0) is 14.8. The van der Waals surface area contributed by atoms with Crippen LogP contribution in [0, 0.1) is 11.3 Å². The van der Waals surface area contributed by atoms with Crippen molar-refractivity contribution in [2.24, 2.45) is 0 Å². The molecule has 0 aliphatic carbocycles. The van der Waals surface area contributed by atoms with Crippen molar-refractivity contribution >= 4 is 16.7 Å². The quantitative estimate of drug-likeness (QED) is 0.794. The van der Waals surface area contributed by atoms with E-state index in [4.69, 9.17) is 9.68 Å². The van der Waals surface area contributed by atoms with E-state index in [1.165, 1.54) is 0 Å². The summed E-state index contributed by atoms with van der Waals surface area (Å²) in [5.74, 6) is 1.03. The third kappa shape index (κ3) is 2.58. The van der Waals surface area contributed by atoms with E-state index in [-0.39, 0.29) is 6.04 Å². The van der Waals surface area contributed by atoms with Crippen molar-refractivity contribution in [3.63, 3.8) is 0 Å². The van der Waals surface area contributed by atoms with Crippen LogP contribution in [-0.2, 0) is 6.54 Å². The maximum absolute atomic E-state index is 8.72. The topological polar surface area (TPSA) is 79.7 Å². The van der Waals surface area contributed by atoms with Gasteiger partial charge in [-0.25, -0.2) is 9.67 Å². The summed E-state index contributed by atoms with van der Waals surface area (Å²) in [5.41, 5.74) is 1.76. The fraction of sp³-hybridized carbons (Fsp3) is 0.267. The van der Waals surface area contributed by atoms with Gasteiger partial charge in [0, 0.05) is 11.4 Å². The Morgan fingerprint density at radius 2 is 2.24 bits per heavy atom. The first kappa shape index (κ1) is 13.2. The molecular formula is C15H15N5O. The van der Waals surface area contributed by atoms with Gasteiger partial charge in [0.25, 0.3) is 0 Å². The lowest BCUT2D eigenvalue weighted by atomic mass is 10.3. The second-order valence-corrected chi connectivity index (χ2v) is 5.05. The third-order valence-electron chi connectivity index (χ3n) is 3.16. The summed E-state index contributed by atoms with van der Waals surface area (Å²) in [6.07, 6.45) is 3.59. The van der Waals surface area contributed by atoms with Gasteiger partial charge in [0.15, 0.2) is 5.65 Å². The number of rotatable bonds is 4. The zero-order valence-electron chi connectivity index (χ0n) is 11.9.